The van der Waals surface area contributed by atoms with Crippen molar-refractivity contribution in [2.75, 3.05) is 13.2 Å². The Hall–Kier alpha value is -2.72. The van der Waals surface area contributed by atoms with Crippen molar-refractivity contribution in [2.45, 2.75) is 27.2 Å². The van der Waals surface area contributed by atoms with Crippen LogP contribution in [0.3, 0.4) is 0 Å². The molecule has 0 bridgehead atoms. The van der Waals surface area contributed by atoms with Gasteiger partial charge in [-0.25, -0.2) is 4.39 Å². The molecule has 0 atom stereocenters. The van der Waals surface area contributed by atoms with Gasteiger partial charge in [0.25, 0.3) is 0 Å². The second-order valence-electron chi connectivity index (χ2n) is 7.58. The molecule has 0 saturated carbocycles. The first kappa shape index (κ1) is 22.5. The molecule has 0 saturated heterocycles. The van der Waals surface area contributed by atoms with Crippen molar-refractivity contribution in [3.8, 4) is 5.69 Å². The minimum atomic E-state index is -3.75. The van der Waals surface area contributed by atoms with Gasteiger partial charge in [-0.1, -0.05) is 48.5 Å². The first-order valence-corrected chi connectivity index (χ1v) is 12.3. The maximum Gasteiger partial charge on any atom is 0.378 e. The van der Waals surface area contributed by atoms with Crippen LogP contribution in [0, 0.1) is 12.7 Å². The Kier molecular flexibility index (Phi) is 6.61. The number of aromatic nitrogens is 1. The van der Waals surface area contributed by atoms with E-state index in [0.717, 1.165) is 27.9 Å². The highest BCUT2D eigenvalue weighted by molar-refractivity contribution is 7.62. The molecule has 1 aromatic heterocycles. The molecule has 1 heterocycles. The number of nitrogens with zero attached hydrogens (tertiary/aromatic N) is 1. The summed E-state index contributed by atoms with van der Waals surface area (Å²) in [5.74, 6) is -0.397. The molecule has 0 radical (unpaired) electrons. The molecule has 0 aliphatic heterocycles. The van der Waals surface area contributed by atoms with Gasteiger partial charge in [0.05, 0.1) is 13.2 Å². The van der Waals surface area contributed by atoms with E-state index in [1.165, 1.54) is 12.1 Å². The van der Waals surface area contributed by atoms with Crippen molar-refractivity contribution in [1.82, 2.24) is 4.57 Å². The Morgan fingerprint density at radius 1 is 0.875 bits per heavy atom. The summed E-state index contributed by atoms with van der Waals surface area (Å²) in [7, 11) is -3.75. The van der Waals surface area contributed by atoms with Crippen LogP contribution in [0.1, 0.15) is 30.7 Å². The van der Waals surface area contributed by atoms with E-state index in [1.807, 2.05) is 54.0 Å². The van der Waals surface area contributed by atoms with Gasteiger partial charge in [-0.05, 0) is 56.2 Å². The number of fused-ring (bicyclic) bond motifs is 1. The number of para-hydroxylation sites is 1. The van der Waals surface area contributed by atoms with E-state index < -0.39 is 13.4 Å². The predicted molar refractivity (Wildman–Crippen MR) is 128 cm³/mol. The summed E-state index contributed by atoms with van der Waals surface area (Å²) >= 11 is 0. The van der Waals surface area contributed by atoms with Gasteiger partial charge in [0.2, 0.25) is 0 Å². The molecule has 0 aliphatic rings. The average Bonchev–Trinajstić information content (AvgIpc) is 3.09. The molecule has 6 heteroatoms. The van der Waals surface area contributed by atoms with Gasteiger partial charge in [-0.3, -0.25) is 4.57 Å². The van der Waals surface area contributed by atoms with E-state index in [-0.39, 0.29) is 13.2 Å². The van der Waals surface area contributed by atoms with E-state index in [2.05, 4.69) is 12.1 Å². The molecule has 3 aromatic carbocycles. The third kappa shape index (κ3) is 4.16. The van der Waals surface area contributed by atoms with Crippen LogP contribution >= 0.6 is 7.60 Å². The molecule has 0 fully saturated rings. The highest BCUT2D eigenvalue weighted by Crippen LogP contribution is 2.50. The largest absolute Gasteiger partial charge is 0.378 e. The number of aryl methyl sites for hydroxylation is 1. The Balaban J connectivity index is 2.13. The summed E-state index contributed by atoms with van der Waals surface area (Å²) in [6, 6.07) is 22.6. The second-order valence-corrected chi connectivity index (χ2v) is 9.51. The minimum Gasteiger partial charge on any atom is -0.305 e. The standard InChI is InChI=1S/C26H27FNO3P/c1-4-30-32(29,31-5-2)26-23-18-21(27)15-16-22(23)25(17-20-12-7-6-8-13-20)28(26)24-14-10-9-11-19(24)3/h6-16,18H,4-5,17H2,1-3H3. The Morgan fingerprint density at radius 2 is 1.53 bits per heavy atom. The predicted octanol–water partition coefficient (Wildman–Crippen LogP) is 6.56. The quantitative estimate of drug-likeness (QED) is 0.285. The zero-order valence-corrected chi connectivity index (χ0v) is 19.4. The lowest BCUT2D eigenvalue weighted by molar-refractivity contribution is 0.229. The normalized spacial score (nSPS) is 11.9. The fraction of sp³-hybridized carbons (Fsp3) is 0.231. The molecule has 32 heavy (non-hydrogen) atoms. The Bertz CT molecular complexity index is 1270. The fourth-order valence-corrected chi connectivity index (χ4v) is 6.08. The maximum atomic E-state index is 14.4. The van der Waals surface area contributed by atoms with Crippen molar-refractivity contribution < 1.29 is 18.0 Å². The molecule has 4 nitrogen and oxygen atoms in total. The van der Waals surface area contributed by atoms with E-state index >= 15 is 0 Å². The summed E-state index contributed by atoms with van der Waals surface area (Å²) in [6.45, 7) is 5.98. The summed E-state index contributed by atoms with van der Waals surface area (Å²) in [6.07, 6.45) is 0.579. The highest BCUT2D eigenvalue weighted by Gasteiger charge is 2.36. The molecule has 0 amide bonds. The summed E-state index contributed by atoms with van der Waals surface area (Å²) < 4.78 is 42.0. The van der Waals surface area contributed by atoms with E-state index in [9.17, 15) is 8.96 Å². The van der Waals surface area contributed by atoms with Gasteiger partial charge in [0.1, 0.15) is 11.3 Å². The molecule has 4 aromatic rings. The van der Waals surface area contributed by atoms with Crippen molar-refractivity contribution in [1.29, 1.82) is 0 Å². The van der Waals surface area contributed by atoms with Crippen molar-refractivity contribution in [3.05, 3.63) is 95.4 Å². The zero-order chi connectivity index (χ0) is 22.7. The average molecular weight is 451 g/mol. The molecule has 166 valence electrons. The summed E-state index contributed by atoms with van der Waals surface area (Å²) in [5.41, 5.74) is 4.25. The van der Waals surface area contributed by atoms with Gasteiger partial charge < -0.3 is 13.6 Å². The van der Waals surface area contributed by atoms with Gasteiger partial charge >= 0.3 is 7.60 Å². The molecule has 0 N–H and O–H groups in total. The lowest BCUT2D eigenvalue weighted by Gasteiger charge is -2.22. The van der Waals surface area contributed by atoms with Crippen LogP contribution in [-0.4, -0.2) is 17.8 Å². The van der Waals surface area contributed by atoms with Crippen LogP contribution < -0.4 is 5.44 Å². The van der Waals surface area contributed by atoms with E-state index in [1.54, 1.807) is 19.9 Å². The van der Waals surface area contributed by atoms with Crippen molar-refractivity contribution in [3.63, 3.8) is 0 Å². The lowest BCUT2D eigenvalue weighted by atomic mass is 10.1. The maximum absolute atomic E-state index is 14.4. The van der Waals surface area contributed by atoms with Crippen molar-refractivity contribution in [2.24, 2.45) is 0 Å². The molecule has 0 aliphatic carbocycles. The van der Waals surface area contributed by atoms with Crippen LogP contribution in [-0.2, 0) is 20.0 Å². The third-order valence-corrected chi connectivity index (χ3v) is 7.60. The Labute approximate surface area is 188 Å². The molecule has 0 spiro atoms. The second kappa shape index (κ2) is 9.41. The van der Waals surface area contributed by atoms with E-state index in [4.69, 9.17) is 9.05 Å². The number of rotatable bonds is 8. The zero-order valence-electron chi connectivity index (χ0n) is 18.5. The van der Waals surface area contributed by atoms with E-state index in [0.29, 0.717) is 17.2 Å². The number of hydrogen-bond donors (Lipinski definition) is 0. The van der Waals surface area contributed by atoms with Gasteiger partial charge in [0, 0.05) is 28.6 Å². The van der Waals surface area contributed by atoms with Gasteiger partial charge in [-0.15, -0.1) is 0 Å². The summed E-state index contributed by atoms with van der Waals surface area (Å²) in [4.78, 5) is 0. The molecule has 4 rings (SSSR count). The minimum absolute atomic E-state index is 0.209. The molecular weight excluding hydrogens is 424 g/mol. The number of halogens is 1. The van der Waals surface area contributed by atoms with Gasteiger partial charge in [-0.2, -0.15) is 0 Å². The van der Waals surface area contributed by atoms with Crippen LogP contribution in [0.5, 0.6) is 0 Å². The van der Waals surface area contributed by atoms with Crippen LogP contribution in [0.25, 0.3) is 16.5 Å². The molecular formula is C26H27FNO3P. The number of hydrogen-bond acceptors (Lipinski definition) is 3. The topological polar surface area (TPSA) is 40.5 Å². The monoisotopic (exact) mass is 451 g/mol. The SMILES string of the molecule is CCOP(=O)(OCC)c1c2cc(F)ccc2c(Cc2ccccc2)n1-c1ccccc1C. The van der Waals surface area contributed by atoms with Gasteiger partial charge in [0.15, 0.2) is 0 Å². The van der Waals surface area contributed by atoms with Crippen molar-refractivity contribution >= 4 is 23.8 Å². The van der Waals surface area contributed by atoms with Crippen LogP contribution in [0.2, 0.25) is 0 Å². The fourth-order valence-electron chi connectivity index (χ4n) is 4.13. The third-order valence-electron chi connectivity index (χ3n) is 5.44. The first-order chi connectivity index (χ1) is 15.5. The van der Waals surface area contributed by atoms with Crippen LogP contribution in [0.4, 0.5) is 4.39 Å². The smallest absolute Gasteiger partial charge is 0.305 e. The van der Waals surface area contributed by atoms with Crippen LogP contribution in [0.15, 0.2) is 72.8 Å². The first-order valence-electron chi connectivity index (χ1n) is 10.8. The Morgan fingerprint density at radius 3 is 2.19 bits per heavy atom. The highest BCUT2D eigenvalue weighted by atomic mass is 31.2. The summed E-state index contributed by atoms with van der Waals surface area (Å²) in [5, 5.41) is 1.37. The molecule has 0 unspecified atom stereocenters. The number of benzene rings is 3. The lowest BCUT2D eigenvalue weighted by Crippen LogP contribution is -2.22.